The molecule has 0 aromatic rings. The lowest BCUT2D eigenvalue weighted by atomic mass is 10.1. The van der Waals surface area contributed by atoms with E-state index >= 15 is 0 Å². The smallest absolute Gasteiger partial charge is 0.407 e. The maximum absolute atomic E-state index is 11.7. The van der Waals surface area contributed by atoms with E-state index in [2.05, 4.69) is 5.32 Å². The lowest BCUT2D eigenvalue weighted by Gasteiger charge is -2.23. The van der Waals surface area contributed by atoms with E-state index in [9.17, 15) is 9.59 Å². The average molecular weight is 255 g/mol. The molecule has 0 radical (unpaired) electrons. The fraction of sp³-hybridized carbons (Fsp3) is 0.692. The van der Waals surface area contributed by atoms with Crippen molar-refractivity contribution in [3.05, 3.63) is 12.2 Å². The van der Waals surface area contributed by atoms with Crippen molar-refractivity contribution >= 4 is 11.9 Å². The number of carbonyl (C=O) groups is 2. The summed E-state index contributed by atoms with van der Waals surface area (Å²) < 4.78 is 10.5. The molecule has 1 amide bonds. The highest BCUT2D eigenvalue weighted by Gasteiger charge is 2.34. The van der Waals surface area contributed by atoms with Crippen LogP contribution in [0.3, 0.4) is 0 Å². The fourth-order valence-electron chi connectivity index (χ4n) is 1.74. The van der Waals surface area contributed by atoms with Crippen LogP contribution >= 0.6 is 0 Å². The zero-order valence-electron chi connectivity index (χ0n) is 11.4. The maximum atomic E-state index is 11.7. The topological polar surface area (TPSA) is 64.6 Å². The number of ketones is 1. The zero-order chi connectivity index (χ0) is 13.8. The first kappa shape index (κ1) is 14.7. The van der Waals surface area contributed by atoms with Crippen molar-refractivity contribution in [2.75, 3.05) is 6.61 Å². The quantitative estimate of drug-likeness (QED) is 0.781. The van der Waals surface area contributed by atoms with Crippen LogP contribution in [0, 0.1) is 0 Å². The molecule has 102 valence electrons. The third kappa shape index (κ3) is 4.49. The van der Waals surface area contributed by atoms with Crippen molar-refractivity contribution in [2.45, 2.75) is 51.9 Å². The van der Waals surface area contributed by atoms with Gasteiger partial charge in [-0.15, -0.1) is 0 Å². The highest BCUT2D eigenvalue weighted by Crippen LogP contribution is 2.16. The summed E-state index contributed by atoms with van der Waals surface area (Å²) in [5, 5.41) is 2.68. The van der Waals surface area contributed by atoms with Gasteiger partial charge in [-0.25, -0.2) is 4.79 Å². The second-order valence-corrected chi connectivity index (χ2v) is 5.24. The summed E-state index contributed by atoms with van der Waals surface area (Å²) in [6.45, 7) is 7.61. The molecule has 5 heteroatoms. The number of rotatable bonds is 3. The highest BCUT2D eigenvalue weighted by atomic mass is 16.6. The van der Waals surface area contributed by atoms with Crippen LogP contribution in [0.5, 0.6) is 0 Å². The molecule has 1 aliphatic heterocycles. The van der Waals surface area contributed by atoms with Gasteiger partial charge < -0.3 is 14.8 Å². The number of hydrogen-bond acceptors (Lipinski definition) is 4. The molecule has 1 saturated heterocycles. The molecule has 1 N–H and O–H groups in total. The minimum Gasteiger partial charge on any atom is -0.444 e. The highest BCUT2D eigenvalue weighted by molar-refractivity contribution is 5.94. The molecule has 5 nitrogen and oxygen atoms in total. The summed E-state index contributed by atoms with van der Waals surface area (Å²) in [4.78, 5) is 23.3. The van der Waals surface area contributed by atoms with Gasteiger partial charge in [0.2, 0.25) is 0 Å². The van der Waals surface area contributed by atoms with Gasteiger partial charge in [-0.2, -0.15) is 0 Å². The number of allylic oxidation sites excluding steroid dienone is 1. The lowest BCUT2D eigenvalue weighted by molar-refractivity contribution is -0.123. The average Bonchev–Trinajstić information content (AvgIpc) is 2.62. The van der Waals surface area contributed by atoms with Gasteiger partial charge in [0.15, 0.2) is 5.78 Å². The molecule has 0 bridgehead atoms. The van der Waals surface area contributed by atoms with Crippen molar-refractivity contribution < 1.29 is 19.1 Å². The Morgan fingerprint density at radius 3 is 2.61 bits per heavy atom. The molecule has 0 saturated carbocycles. The minimum atomic E-state index is -0.603. The predicted octanol–water partition coefficient (Wildman–Crippen LogP) is 1.81. The minimum absolute atomic E-state index is 0.129. The molecule has 18 heavy (non-hydrogen) atoms. The zero-order valence-corrected chi connectivity index (χ0v) is 11.4. The number of nitrogens with one attached hydrogen (secondary N) is 1. The van der Waals surface area contributed by atoms with Gasteiger partial charge in [-0.05, 0) is 40.2 Å². The third-order valence-electron chi connectivity index (χ3n) is 2.41. The van der Waals surface area contributed by atoms with Gasteiger partial charge in [0.25, 0.3) is 0 Å². The molecule has 1 aliphatic rings. The number of alkyl carbamates (subject to hydrolysis) is 1. The van der Waals surface area contributed by atoms with Crippen LogP contribution in [0.1, 0.15) is 34.1 Å². The van der Waals surface area contributed by atoms with Crippen LogP contribution in [-0.4, -0.2) is 36.2 Å². The first-order valence-corrected chi connectivity index (χ1v) is 6.11. The molecule has 0 aromatic heterocycles. The fourth-order valence-corrected chi connectivity index (χ4v) is 1.74. The van der Waals surface area contributed by atoms with Crippen molar-refractivity contribution in [3.63, 3.8) is 0 Å². The van der Waals surface area contributed by atoms with E-state index < -0.39 is 17.8 Å². The molecule has 0 aromatic carbocycles. The molecule has 1 rings (SSSR count). The standard InChI is InChI=1S/C13H21NO4/c1-5-6-10(15)11-9(7-8-17-11)14-12(16)18-13(2,3)4/h5-6,9,11H,7-8H2,1-4H3,(H,14,16)/b6-5+/t9-,11+/m1/s1. The van der Waals surface area contributed by atoms with Gasteiger partial charge in [0.1, 0.15) is 11.7 Å². The van der Waals surface area contributed by atoms with Gasteiger partial charge in [0.05, 0.1) is 6.04 Å². The van der Waals surface area contributed by atoms with E-state index in [0.717, 1.165) is 0 Å². The van der Waals surface area contributed by atoms with Gasteiger partial charge in [-0.1, -0.05) is 6.08 Å². The second-order valence-electron chi connectivity index (χ2n) is 5.24. The van der Waals surface area contributed by atoms with Gasteiger partial charge >= 0.3 is 6.09 Å². The second kappa shape index (κ2) is 6.00. The molecule has 1 fully saturated rings. The van der Waals surface area contributed by atoms with Crippen LogP contribution < -0.4 is 5.32 Å². The molecule has 2 atom stereocenters. The van der Waals surface area contributed by atoms with Crippen LogP contribution in [-0.2, 0) is 14.3 Å². The number of amides is 1. The van der Waals surface area contributed by atoms with Crippen molar-refractivity contribution in [3.8, 4) is 0 Å². The van der Waals surface area contributed by atoms with E-state index in [-0.39, 0.29) is 11.8 Å². The van der Waals surface area contributed by atoms with Crippen LogP contribution in [0.15, 0.2) is 12.2 Å². The molecule has 0 spiro atoms. The van der Waals surface area contributed by atoms with E-state index in [0.29, 0.717) is 13.0 Å². The molecular weight excluding hydrogens is 234 g/mol. The van der Waals surface area contributed by atoms with E-state index in [1.807, 2.05) is 0 Å². The van der Waals surface area contributed by atoms with E-state index in [1.165, 1.54) is 6.08 Å². The van der Waals surface area contributed by atoms with Crippen molar-refractivity contribution in [1.29, 1.82) is 0 Å². The molecule has 1 heterocycles. The molecule has 0 unspecified atom stereocenters. The first-order chi connectivity index (χ1) is 8.33. The summed E-state index contributed by atoms with van der Waals surface area (Å²) in [7, 11) is 0. The third-order valence-corrected chi connectivity index (χ3v) is 2.41. The summed E-state index contributed by atoms with van der Waals surface area (Å²) in [6, 6.07) is -0.316. The molecular formula is C13H21NO4. The largest absolute Gasteiger partial charge is 0.444 e. The normalized spacial score (nSPS) is 24.2. The Morgan fingerprint density at radius 2 is 2.06 bits per heavy atom. The number of ether oxygens (including phenoxy) is 2. The predicted molar refractivity (Wildman–Crippen MR) is 67.3 cm³/mol. The Balaban J connectivity index is 2.55. The number of hydrogen-bond donors (Lipinski definition) is 1. The SMILES string of the molecule is C/C=C/C(=O)[C@H]1OCC[C@H]1NC(=O)OC(C)(C)C. The Labute approximate surface area is 108 Å². The van der Waals surface area contributed by atoms with Gasteiger partial charge in [0, 0.05) is 6.61 Å². The lowest BCUT2D eigenvalue weighted by Crippen LogP contribution is -2.45. The maximum Gasteiger partial charge on any atom is 0.407 e. The van der Waals surface area contributed by atoms with Gasteiger partial charge in [-0.3, -0.25) is 4.79 Å². The summed E-state index contributed by atoms with van der Waals surface area (Å²) in [5.41, 5.74) is -0.549. The number of carbonyl (C=O) groups excluding carboxylic acids is 2. The Bertz CT molecular complexity index is 343. The summed E-state index contributed by atoms with van der Waals surface area (Å²) in [6.07, 6.45) is 2.62. The van der Waals surface area contributed by atoms with E-state index in [1.54, 1.807) is 33.8 Å². The molecule has 0 aliphatic carbocycles. The Morgan fingerprint density at radius 1 is 1.39 bits per heavy atom. The summed E-state index contributed by atoms with van der Waals surface area (Å²) >= 11 is 0. The van der Waals surface area contributed by atoms with Crippen LogP contribution in [0.4, 0.5) is 4.79 Å². The van der Waals surface area contributed by atoms with Crippen LogP contribution in [0.2, 0.25) is 0 Å². The van der Waals surface area contributed by atoms with Crippen LogP contribution in [0.25, 0.3) is 0 Å². The van der Waals surface area contributed by atoms with Crippen molar-refractivity contribution in [1.82, 2.24) is 5.32 Å². The van der Waals surface area contributed by atoms with E-state index in [4.69, 9.17) is 9.47 Å². The summed E-state index contributed by atoms with van der Waals surface area (Å²) in [5.74, 6) is -0.129. The Kier molecular flexibility index (Phi) is 4.90. The van der Waals surface area contributed by atoms with Crippen molar-refractivity contribution in [2.24, 2.45) is 0 Å². The Hall–Kier alpha value is -1.36. The first-order valence-electron chi connectivity index (χ1n) is 6.11. The monoisotopic (exact) mass is 255 g/mol.